The van der Waals surface area contributed by atoms with Crippen LogP contribution in [0.3, 0.4) is 0 Å². The number of rotatable bonds is 8. The maximum absolute atomic E-state index is 12.0. The number of aliphatic hydroxyl groups is 1. The van der Waals surface area contributed by atoms with Gasteiger partial charge in [-0.3, -0.25) is 4.79 Å². The lowest BCUT2D eigenvalue weighted by Crippen LogP contribution is -2.43. The van der Waals surface area contributed by atoms with Crippen molar-refractivity contribution < 1.29 is 14.4 Å². The molecule has 0 aliphatic heterocycles. The molecule has 22 heavy (non-hydrogen) atoms. The van der Waals surface area contributed by atoms with Crippen molar-refractivity contribution in [1.82, 2.24) is 15.5 Å². The largest absolute Gasteiger partial charge is 0.396 e. The number of aliphatic hydroxyl groups excluding tert-OH is 1. The predicted octanol–water partition coefficient (Wildman–Crippen LogP) is 2.01. The van der Waals surface area contributed by atoms with E-state index in [0.717, 1.165) is 44.3 Å². The smallest absolute Gasteiger partial charge is 0.226 e. The molecule has 1 aromatic heterocycles. The monoisotopic (exact) mass is 309 g/mol. The van der Waals surface area contributed by atoms with Crippen LogP contribution in [0.25, 0.3) is 0 Å². The molecule has 2 N–H and O–H groups in total. The Hall–Kier alpha value is -1.43. The molecule has 124 valence electrons. The third-order valence-corrected chi connectivity index (χ3v) is 4.27. The maximum atomic E-state index is 12.0. The van der Waals surface area contributed by atoms with Gasteiger partial charge in [0.1, 0.15) is 0 Å². The lowest BCUT2D eigenvalue weighted by Gasteiger charge is -2.30. The van der Waals surface area contributed by atoms with Gasteiger partial charge in [-0.1, -0.05) is 24.9 Å². The van der Waals surface area contributed by atoms with E-state index < -0.39 is 0 Å². The van der Waals surface area contributed by atoms with Crippen molar-refractivity contribution in [3.05, 3.63) is 11.7 Å². The van der Waals surface area contributed by atoms with E-state index in [4.69, 9.17) is 4.52 Å². The summed E-state index contributed by atoms with van der Waals surface area (Å²) in [5.74, 6) is 1.63. The van der Waals surface area contributed by atoms with Crippen molar-refractivity contribution in [2.75, 3.05) is 6.61 Å². The number of hydrogen-bond donors (Lipinski definition) is 2. The fourth-order valence-corrected chi connectivity index (χ4v) is 3.01. The molecule has 1 fully saturated rings. The minimum Gasteiger partial charge on any atom is -0.396 e. The number of aromatic nitrogens is 2. The molecule has 0 aromatic carbocycles. The Bertz CT molecular complexity index is 461. The Morgan fingerprint density at radius 1 is 1.36 bits per heavy atom. The lowest BCUT2D eigenvalue weighted by molar-refractivity contribution is -0.122. The molecule has 0 bridgehead atoms. The average molecular weight is 309 g/mol. The normalized spacial score (nSPS) is 21.7. The summed E-state index contributed by atoms with van der Waals surface area (Å²) in [6.45, 7) is 2.23. The molecule has 6 nitrogen and oxygen atoms in total. The number of carbonyl (C=O) groups is 1. The fraction of sp³-hybridized carbons (Fsp3) is 0.812. The van der Waals surface area contributed by atoms with Crippen LogP contribution < -0.4 is 5.32 Å². The van der Waals surface area contributed by atoms with Crippen molar-refractivity contribution in [3.8, 4) is 0 Å². The minimum atomic E-state index is 0.0543. The lowest BCUT2D eigenvalue weighted by atomic mass is 9.85. The van der Waals surface area contributed by atoms with E-state index in [9.17, 15) is 9.90 Å². The molecular formula is C16H27N3O3. The standard InChI is InChI=1S/C16H27N3O3/c1-2-6-14-18-16(22-19-14)10-5-9-15(21)17-13-8-4-3-7-12(13)11-20/h12-13,20H,2-11H2,1H3,(H,17,21). The quantitative estimate of drug-likeness (QED) is 0.767. The van der Waals surface area contributed by atoms with E-state index >= 15 is 0 Å². The summed E-state index contributed by atoms with van der Waals surface area (Å²) in [6, 6.07) is 0.130. The van der Waals surface area contributed by atoms with Gasteiger partial charge in [0.15, 0.2) is 5.82 Å². The summed E-state index contributed by atoms with van der Waals surface area (Å²) in [5, 5.41) is 16.3. The molecule has 1 heterocycles. The number of nitrogens with one attached hydrogen (secondary N) is 1. The van der Waals surface area contributed by atoms with Crippen LogP contribution in [0.1, 0.15) is 63.6 Å². The van der Waals surface area contributed by atoms with Gasteiger partial charge >= 0.3 is 0 Å². The summed E-state index contributed by atoms with van der Waals surface area (Å²) in [5.41, 5.74) is 0. The molecule has 0 radical (unpaired) electrons. The molecule has 6 heteroatoms. The van der Waals surface area contributed by atoms with Crippen LogP contribution in [0.2, 0.25) is 0 Å². The fourth-order valence-electron chi connectivity index (χ4n) is 3.01. The molecule has 1 amide bonds. The first-order valence-corrected chi connectivity index (χ1v) is 8.44. The molecule has 0 spiro atoms. The Morgan fingerprint density at radius 3 is 2.95 bits per heavy atom. The number of hydrogen-bond acceptors (Lipinski definition) is 5. The average Bonchev–Trinajstić information content (AvgIpc) is 2.96. The topological polar surface area (TPSA) is 88.2 Å². The summed E-state index contributed by atoms with van der Waals surface area (Å²) < 4.78 is 5.16. The SMILES string of the molecule is CCCc1noc(CCCC(=O)NC2CCCCC2CO)n1. The first-order valence-electron chi connectivity index (χ1n) is 8.44. The van der Waals surface area contributed by atoms with Crippen molar-refractivity contribution in [2.45, 2.75) is 70.8 Å². The van der Waals surface area contributed by atoms with Crippen LogP contribution in [0.15, 0.2) is 4.52 Å². The highest BCUT2D eigenvalue weighted by Gasteiger charge is 2.25. The first kappa shape index (κ1) is 16.9. The van der Waals surface area contributed by atoms with Gasteiger partial charge in [0.2, 0.25) is 11.8 Å². The molecule has 0 saturated heterocycles. The molecule has 1 aliphatic carbocycles. The van der Waals surface area contributed by atoms with E-state index in [1.54, 1.807) is 0 Å². The molecule has 1 saturated carbocycles. The number of nitrogens with zero attached hydrogens (tertiary/aromatic N) is 2. The van der Waals surface area contributed by atoms with Gasteiger partial charge in [-0.05, 0) is 25.7 Å². The zero-order valence-electron chi connectivity index (χ0n) is 13.4. The highest BCUT2D eigenvalue weighted by molar-refractivity contribution is 5.76. The molecule has 2 atom stereocenters. The maximum Gasteiger partial charge on any atom is 0.226 e. The zero-order valence-corrected chi connectivity index (χ0v) is 13.4. The van der Waals surface area contributed by atoms with Crippen LogP contribution >= 0.6 is 0 Å². The summed E-state index contributed by atoms with van der Waals surface area (Å²) in [6.07, 6.45) is 7.88. The Labute approximate surface area is 131 Å². The van der Waals surface area contributed by atoms with Crippen LogP contribution in [-0.4, -0.2) is 33.8 Å². The van der Waals surface area contributed by atoms with Crippen molar-refractivity contribution >= 4 is 5.91 Å². The third kappa shape index (κ3) is 5.09. The van der Waals surface area contributed by atoms with E-state index in [1.807, 2.05) is 0 Å². The second-order valence-corrected chi connectivity index (χ2v) is 6.11. The van der Waals surface area contributed by atoms with E-state index in [-0.39, 0.29) is 24.5 Å². The van der Waals surface area contributed by atoms with Crippen LogP contribution in [0, 0.1) is 5.92 Å². The summed E-state index contributed by atoms with van der Waals surface area (Å²) >= 11 is 0. The zero-order chi connectivity index (χ0) is 15.8. The van der Waals surface area contributed by atoms with Gasteiger partial charge < -0.3 is 14.9 Å². The minimum absolute atomic E-state index is 0.0543. The van der Waals surface area contributed by atoms with Crippen molar-refractivity contribution in [3.63, 3.8) is 0 Å². The number of aryl methyl sites for hydroxylation is 2. The molecule has 1 aromatic rings. The van der Waals surface area contributed by atoms with Crippen molar-refractivity contribution in [1.29, 1.82) is 0 Å². The van der Waals surface area contributed by atoms with Gasteiger partial charge in [-0.2, -0.15) is 4.98 Å². The Kier molecular flexibility index (Phi) is 6.83. The third-order valence-electron chi connectivity index (χ3n) is 4.27. The highest BCUT2D eigenvalue weighted by atomic mass is 16.5. The number of amides is 1. The van der Waals surface area contributed by atoms with Gasteiger partial charge in [0.05, 0.1) is 0 Å². The van der Waals surface area contributed by atoms with Crippen LogP contribution in [0.4, 0.5) is 0 Å². The van der Waals surface area contributed by atoms with Gasteiger partial charge in [-0.15, -0.1) is 0 Å². The van der Waals surface area contributed by atoms with Crippen molar-refractivity contribution in [2.24, 2.45) is 5.92 Å². The van der Waals surface area contributed by atoms with Crippen LogP contribution in [-0.2, 0) is 17.6 Å². The van der Waals surface area contributed by atoms with Crippen LogP contribution in [0.5, 0.6) is 0 Å². The molecule has 2 unspecified atom stereocenters. The van der Waals surface area contributed by atoms with Gasteiger partial charge in [-0.25, -0.2) is 0 Å². The van der Waals surface area contributed by atoms with E-state index in [2.05, 4.69) is 22.4 Å². The summed E-state index contributed by atoms with van der Waals surface area (Å²) in [4.78, 5) is 16.3. The van der Waals surface area contributed by atoms with Gasteiger partial charge in [0.25, 0.3) is 0 Å². The molecular weight excluding hydrogens is 282 g/mol. The van der Waals surface area contributed by atoms with E-state index in [0.29, 0.717) is 25.2 Å². The summed E-state index contributed by atoms with van der Waals surface area (Å²) in [7, 11) is 0. The van der Waals surface area contributed by atoms with E-state index in [1.165, 1.54) is 0 Å². The van der Waals surface area contributed by atoms with Gasteiger partial charge in [0, 0.05) is 37.8 Å². The number of carbonyl (C=O) groups excluding carboxylic acids is 1. The molecule has 2 rings (SSSR count). The predicted molar refractivity (Wildman–Crippen MR) is 82.2 cm³/mol. The second-order valence-electron chi connectivity index (χ2n) is 6.11. The molecule has 1 aliphatic rings. The Balaban J connectivity index is 1.68. The second kappa shape index (κ2) is 8.88. The first-order chi connectivity index (χ1) is 10.7. The highest BCUT2D eigenvalue weighted by Crippen LogP contribution is 2.24. The Morgan fingerprint density at radius 2 is 2.18 bits per heavy atom.